The molecule has 0 atom stereocenters. The zero-order valence-corrected chi connectivity index (χ0v) is 23.2. The average Bonchev–Trinajstić information content (AvgIpc) is 3.28. The van der Waals surface area contributed by atoms with Gasteiger partial charge in [-0.2, -0.15) is 9.40 Å². The summed E-state index contributed by atoms with van der Waals surface area (Å²) in [5.41, 5.74) is 1.97. The van der Waals surface area contributed by atoms with Gasteiger partial charge < -0.3 is 4.90 Å². The van der Waals surface area contributed by atoms with Gasteiger partial charge in [-0.15, -0.1) is 0 Å². The standard InChI is InChI=1S/C26H28ClN7O4S/c1-3-4-10-23-28-25(24-18(2)30-33(26(24)29-23)19-8-6-5-7-9-19)31-13-15-32(16-14-31)39(37,38)20-11-12-21(27)22(17-20)34(35)36/h5-9,11-12,17H,3-4,10,13-16H2,1-2H3. The van der Waals surface area contributed by atoms with Crippen LogP contribution < -0.4 is 4.90 Å². The summed E-state index contributed by atoms with van der Waals surface area (Å²) in [7, 11) is -3.95. The maximum Gasteiger partial charge on any atom is 0.289 e. The summed E-state index contributed by atoms with van der Waals surface area (Å²) in [6.07, 6.45) is 2.68. The molecule has 0 unspecified atom stereocenters. The number of sulfonamides is 1. The Morgan fingerprint density at radius 2 is 1.77 bits per heavy atom. The summed E-state index contributed by atoms with van der Waals surface area (Å²) in [6.45, 7) is 5.22. The Morgan fingerprint density at radius 3 is 2.44 bits per heavy atom. The Kier molecular flexibility index (Phi) is 7.52. The summed E-state index contributed by atoms with van der Waals surface area (Å²) in [5.74, 6) is 1.46. The van der Waals surface area contributed by atoms with Crippen LogP contribution in [0.4, 0.5) is 11.5 Å². The maximum absolute atomic E-state index is 13.3. The molecule has 1 fully saturated rings. The number of benzene rings is 2. The molecule has 0 saturated carbocycles. The van der Waals surface area contributed by atoms with Crippen molar-refractivity contribution >= 4 is 44.2 Å². The van der Waals surface area contributed by atoms with Crippen molar-refractivity contribution in [2.24, 2.45) is 0 Å². The zero-order chi connectivity index (χ0) is 27.7. The number of nitro groups is 1. The van der Waals surface area contributed by atoms with Gasteiger partial charge in [0.05, 0.1) is 26.6 Å². The largest absolute Gasteiger partial charge is 0.353 e. The van der Waals surface area contributed by atoms with Crippen LogP contribution in [-0.2, 0) is 16.4 Å². The van der Waals surface area contributed by atoms with E-state index in [4.69, 9.17) is 26.7 Å². The number of hydrogen-bond acceptors (Lipinski definition) is 8. The number of fused-ring (bicyclic) bond motifs is 1. The summed E-state index contributed by atoms with van der Waals surface area (Å²) in [6, 6.07) is 13.4. The molecule has 1 saturated heterocycles. The predicted molar refractivity (Wildman–Crippen MR) is 149 cm³/mol. The second-order valence-electron chi connectivity index (χ2n) is 9.36. The minimum absolute atomic E-state index is 0.109. The summed E-state index contributed by atoms with van der Waals surface area (Å²) >= 11 is 5.88. The first kappa shape index (κ1) is 27.0. The van der Waals surface area contributed by atoms with Crippen LogP contribution in [0.15, 0.2) is 53.4 Å². The lowest BCUT2D eigenvalue weighted by atomic mass is 10.2. The summed E-state index contributed by atoms with van der Waals surface area (Å²) < 4.78 is 29.8. The Balaban J connectivity index is 1.47. The molecule has 0 radical (unpaired) electrons. The SMILES string of the molecule is CCCCc1nc(N2CCN(S(=O)(=O)c3ccc(Cl)c([N+](=O)[O-])c3)CC2)c2c(C)nn(-c3ccccc3)c2n1. The van der Waals surface area contributed by atoms with Gasteiger partial charge in [-0.3, -0.25) is 10.1 Å². The highest BCUT2D eigenvalue weighted by atomic mass is 35.5. The minimum Gasteiger partial charge on any atom is -0.353 e. The van der Waals surface area contributed by atoms with Crippen LogP contribution in [0.1, 0.15) is 31.3 Å². The van der Waals surface area contributed by atoms with E-state index >= 15 is 0 Å². The molecule has 2 aromatic heterocycles. The van der Waals surface area contributed by atoms with Crippen molar-refractivity contribution in [2.45, 2.75) is 38.0 Å². The van der Waals surface area contributed by atoms with Crippen LogP contribution in [0.2, 0.25) is 5.02 Å². The molecule has 11 nitrogen and oxygen atoms in total. The van der Waals surface area contributed by atoms with Crippen molar-refractivity contribution in [3.63, 3.8) is 0 Å². The number of rotatable bonds is 8. The number of nitro benzene ring substituents is 1. The molecule has 1 aliphatic heterocycles. The number of piperazine rings is 1. The minimum atomic E-state index is -3.95. The van der Waals surface area contributed by atoms with Gasteiger partial charge in [-0.05, 0) is 37.6 Å². The van der Waals surface area contributed by atoms with Crippen LogP contribution in [0.3, 0.4) is 0 Å². The predicted octanol–water partition coefficient (Wildman–Crippen LogP) is 4.54. The number of para-hydroxylation sites is 1. The number of halogens is 1. The molecular formula is C26H28ClN7O4S. The number of anilines is 1. The average molecular weight is 570 g/mol. The second-order valence-corrected chi connectivity index (χ2v) is 11.7. The van der Waals surface area contributed by atoms with Gasteiger partial charge in [-0.25, -0.2) is 23.1 Å². The molecule has 0 spiro atoms. The fourth-order valence-electron chi connectivity index (χ4n) is 4.71. The first-order chi connectivity index (χ1) is 18.7. The molecule has 0 aliphatic carbocycles. The van der Waals surface area contributed by atoms with Crippen LogP contribution in [0, 0.1) is 17.0 Å². The van der Waals surface area contributed by atoms with E-state index in [0.717, 1.165) is 59.4 Å². The lowest BCUT2D eigenvalue weighted by Gasteiger charge is -2.35. The summed E-state index contributed by atoms with van der Waals surface area (Å²) in [5, 5.41) is 16.8. The molecule has 0 amide bonds. The molecule has 4 aromatic rings. The van der Waals surface area contributed by atoms with Crippen LogP contribution in [0.25, 0.3) is 16.7 Å². The third-order valence-corrected chi connectivity index (χ3v) is 8.99. The highest BCUT2D eigenvalue weighted by Crippen LogP contribution is 2.32. The Labute approximate surface area is 231 Å². The molecule has 204 valence electrons. The van der Waals surface area contributed by atoms with Crippen molar-refractivity contribution in [1.29, 1.82) is 0 Å². The smallest absolute Gasteiger partial charge is 0.289 e. The van der Waals surface area contributed by atoms with Crippen molar-refractivity contribution in [2.75, 3.05) is 31.1 Å². The highest BCUT2D eigenvalue weighted by molar-refractivity contribution is 7.89. The van der Waals surface area contributed by atoms with Gasteiger partial charge in [0.15, 0.2) is 5.65 Å². The van der Waals surface area contributed by atoms with Gasteiger partial charge in [0.2, 0.25) is 10.0 Å². The molecule has 0 bridgehead atoms. The molecule has 13 heteroatoms. The normalized spacial score (nSPS) is 14.7. The third-order valence-electron chi connectivity index (χ3n) is 6.77. The van der Waals surface area contributed by atoms with Crippen LogP contribution in [-0.4, -0.2) is 63.6 Å². The fourth-order valence-corrected chi connectivity index (χ4v) is 6.34. The molecule has 39 heavy (non-hydrogen) atoms. The quantitative estimate of drug-likeness (QED) is 0.223. The molecule has 0 N–H and O–H groups in total. The van der Waals surface area contributed by atoms with E-state index in [0.29, 0.717) is 13.1 Å². The lowest BCUT2D eigenvalue weighted by molar-refractivity contribution is -0.384. The fraction of sp³-hybridized carbons (Fsp3) is 0.346. The van der Waals surface area contributed by atoms with Crippen molar-refractivity contribution in [3.05, 3.63) is 75.2 Å². The van der Waals surface area contributed by atoms with Crippen molar-refractivity contribution < 1.29 is 13.3 Å². The van der Waals surface area contributed by atoms with Gasteiger partial charge in [0, 0.05) is 38.7 Å². The Hall–Kier alpha value is -3.61. The maximum atomic E-state index is 13.3. The molecule has 5 rings (SSSR count). The van der Waals surface area contributed by atoms with Crippen molar-refractivity contribution in [1.82, 2.24) is 24.1 Å². The van der Waals surface area contributed by atoms with Crippen LogP contribution in [0.5, 0.6) is 0 Å². The first-order valence-corrected chi connectivity index (χ1v) is 14.5. The van der Waals surface area contributed by atoms with E-state index in [1.165, 1.54) is 16.4 Å². The lowest BCUT2D eigenvalue weighted by Crippen LogP contribution is -2.49. The second kappa shape index (κ2) is 10.9. The van der Waals surface area contributed by atoms with E-state index in [-0.39, 0.29) is 23.0 Å². The highest BCUT2D eigenvalue weighted by Gasteiger charge is 2.32. The van der Waals surface area contributed by atoms with Gasteiger partial charge >= 0.3 is 0 Å². The molecule has 1 aliphatic rings. The van der Waals surface area contributed by atoms with E-state index in [1.54, 1.807) is 0 Å². The van der Waals surface area contributed by atoms with E-state index in [1.807, 2.05) is 41.9 Å². The number of nitrogens with zero attached hydrogens (tertiary/aromatic N) is 7. The van der Waals surface area contributed by atoms with Gasteiger partial charge in [-0.1, -0.05) is 43.1 Å². The summed E-state index contributed by atoms with van der Waals surface area (Å²) in [4.78, 5) is 22.3. The third kappa shape index (κ3) is 5.19. The van der Waals surface area contributed by atoms with E-state index in [2.05, 4.69) is 11.8 Å². The monoisotopic (exact) mass is 569 g/mol. The topological polar surface area (TPSA) is 127 Å². The van der Waals surface area contributed by atoms with Gasteiger partial charge in [0.25, 0.3) is 5.69 Å². The Bertz CT molecular complexity index is 1640. The van der Waals surface area contributed by atoms with E-state index in [9.17, 15) is 18.5 Å². The van der Waals surface area contributed by atoms with Crippen LogP contribution >= 0.6 is 11.6 Å². The first-order valence-electron chi connectivity index (χ1n) is 12.7. The number of aryl methyl sites for hydroxylation is 2. The van der Waals surface area contributed by atoms with Crippen molar-refractivity contribution in [3.8, 4) is 5.69 Å². The number of hydrogen-bond donors (Lipinski definition) is 0. The number of aromatic nitrogens is 4. The Morgan fingerprint density at radius 1 is 1.05 bits per heavy atom. The number of unbranched alkanes of at least 4 members (excludes halogenated alkanes) is 1. The molecular weight excluding hydrogens is 542 g/mol. The van der Waals surface area contributed by atoms with E-state index < -0.39 is 20.6 Å². The van der Waals surface area contributed by atoms with Gasteiger partial charge in [0.1, 0.15) is 16.7 Å². The zero-order valence-electron chi connectivity index (χ0n) is 21.6. The molecule has 2 aromatic carbocycles. The molecule has 3 heterocycles.